The van der Waals surface area contributed by atoms with Gasteiger partial charge in [-0.1, -0.05) is 25.5 Å². The molecule has 2 bridgehead atoms. The van der Waals surface area contributed by atoms with Gasteiger partial charge in [0.2, 0.25) is 5.91 Å². The van der Waals surface area contributed by atoms with Crippen molar-refractivity contribution < 1.29 is 9.53 Å². The van der Waals surface area contributed by atoms with E-state index in [4.69, 9.17) is 4.74 Å². The molecule has 24 heavy (non-hydrogen) atoms. The molecule has 1 aliphatic heterocycles. The average molecular weight is 335 g/mol. The molecule has 3 rings (SSSR count). The molecule has 2 fully saturated rings. The first kappa shape index (κ1) is 17.9. The molecule has 0 spiro atoms. The second-order valence-corrected chi connectivity index (χ2v) is 7.79. The van der Waals surface area contributed by atoms with Gasteiger partial charge in [0.05, 0.1) is 13.2 Å². The minimum Gasteiger partial charge on any atom is -0.379 e. The van der Waals surface area contributed by atoms with Gasteiger partial charge in [-0.05, 0) is 43.4 Å². The summed E-state index contributed by atoms with van der Waals surface area (Å²) in [6, 6.07) is 0. The molecule has 3 aliphatic rings. The number of carbonyl (C=O) groups is 1. The number of unbranched alkanes of at least 4 members (excludes halogenated alkanes) is 1. The third kappa shape index (κ3) is 4.82. The molecule has 0 N–H and O–H groups in total. The zero-order valence-corrected chi connectivity index (χ0v) is 15.3. The van der Waals surface area contributed by atoms with Crippen LogP contribution < -0.4 is 0 Å². The van der Waals surface area contributed by atoms with Crippen molar-refractivity contribution in [2.75, 3.05) is 45.9 Å². The fourth-order valence-electron chi connectivity index (χ4n) is 4.50. The zero-order valence-electron chi connectivity index (χ0n) is 15.3. The van der Waals surface area contributed by atoms with Crippen LogP contribution in [-0.2, 0) is 9.53 Å². The standard InChI is InChI=1S/C20H34N2O2/c1-2-3-5-20(23)22(9-4-8-21-10-12-24-13-11-21)16-19-15-17-6-7-18(19)14-17/h6-7,17-19H,2-5,8-16H2,1H3. The number of rotatable bonds is 9. The van der Waals surface area contributed by atoms with Gasteiger partial charge in [0, 0.05) is 39.1 Å². The Kier molecular flexibility index (Phi) is 6.73. The van der Waals surface area contributed by atoms with Gasteiger partial charge in [0.15, 0.2) is 0 Å². The van der Waals surface area contributed by atoms with Crippen LogP contribution in [0.2, 0.25) is 0 Å². The van der Waals surface area contributed by atoms with Crippen LogP contribution in [0.3, 0.4) is 0 Å². The van der Waals surface area contributed by atoms with Gasteiger partial charge < -0.3 is 9.64 Å². The van der Waals surface area contributed by atoms with Crippen molar-refractivity contribution in [3.63, 3.8) is 0 Å². The number of fused-ring (bicyclic) bond motifs is 2. The predicted octanol–water partition coefficient (Wildman–Crippen LogP) is 2.94. The van der Waals surface area contributed by atoms with Crippen molar-refractivity contribution in [2.24, 2.45) is 17.8 Å². The highest BCUT2D eigenvalue weighted by Crippen LogP contribution is 2.43. The first-order chi connectivity index (χ1) is 11.8. The molecule has 1 saturated carbocycles. The number of nitrogens with zero attached hydrogens (tertiary/aromatic N) is 2. The molecule has 2 aliphatic carbocycles. The molecule has 1 amide bonds. The lowest BCUT2D eigenvalue weighted by atomic mass is 9.93. The topological polar surface area (TPSA) is 32.8 Å². The van der Waals surface area contributed by atoms with E-state index in [-0.39, 0.29) is 0 Å². The van der Waals surface area contributed by atoms with Gasteiger partial charge in [-0.2, -0.15) is 0 Å². The Balaban J connectivity index is 1.47. The Morgan fingerprint density at radius 2 is 2.04 bits per heavy atom. The third-order valence-electron chi connectivity index (χ3n) is 5.97. The van der Waals surface area contributed by atoms with Crippen LogP contribution in [0, 0.1) is 17.8 Å². The molecule has 3 unspecified atom stereocenters. The molecule has 1 saturated heterocycles. The summed E-state index contributed by atoms with van der Waals surface area (Å²) in [5, 5.41) is 0. The molecule has 0 radical (unpaired) electrons. The smallest absolute Gasteiger partial charge is 0.222 e. The van der Waals surface area contributed by atoms with E-state index >= 15 is 0 Å². The number of ether oxygens (including phenoxy) is 1. The summed E-state index contributed by atoms with van der Waals surface area (Å²) in [5.74, 6) is 2.61. The van der Waals surface area contributed by atoms with Gasteiger partial charge in [-0.3, -0.25) is 9.69 Å². The van der Waals surface area contributed by atoms with Crippen molar-refractivity contribution in [2.45, 2.75) is 45.4 Å². The van der Waals surface area contributed by atoms with Crippen molar-refractivity contribution in [3.05, 3.63) is 12.2 Å². The molecule has 0 aromatic heterocycles. The maximum absolute atomic E-state index is 12.7. The van der Waals surface area contributed by atoms with E-state index in [9.17, 15) is 4.79 Å². The maximum Gasteiger partial charge on any atom is 0.222 e. The number of hydrogen-bond donors (Lipinski definition) is 0. The van der Waals surface area contributed by atoms with Crippen molar-refractivity contribution in [1.82, 2.24) is 9.80 Å². The van der Waals surface area contributed by atoms with E-state index in [1.807, 2.05) is 0 Å². The first-order valence-corrected chi connectivity index (χ1v) is 10.0. The van der Waals surface area contributed by atoms with Crippen LogP contribution in [0.15, 0.2) is 12.2 Å². The van der Waals surface area contributed by atoms with Crippen LogP contribution in [0.4, 0.5) is 0 Å². The van der Waals surface area contributed by atoms with Crippen molar-refractivity contribution in [1.29, 1.82) is 0 Å². The van der Waals surface area contributed by atoms with E-state index in [1.165, 1.54) is 12.8 Å². The Morgan fingerprint density at radius 1 is 1.21 bits per heavy atom. The SMILES string of the molecule is CCCCC(=O)N(CCCN1CCOCC1)CC1CC2C=CC1C2. The van der Waals surface area contributed by atoms with Gasteiger partial charge in [0.1, 0.15) is 0 Å². The summed E-state index contributed by atoms with van der Waals surface area (Å²) in [7, 11) is 0. The highest BCUT2D eigenvalue weighted by Gasteiger charge is 2.36. The number of allylic oxidation sites excluding steroid dienone is 2. The molecule has 136 valence electrons. The Hall–Kier alpha value is -0.870. The first-order valence-electron chi connectivity index (χ1n) is 10.0. The number of amides is 1. The van der Waals surface area contributed by atoms with Crippen LogP contribution in [0.25, 0.3) is 0 Å². The molecule has 3 atom stereocenters. The number of hydrogen-bond acceptors (Lipinski definition) is 3. The molecule has 0 aromatic rings. The second-order valence-electron chi connectivity index (χ2n) is 7.79. The summed E-state index contributed by atoms with van der Waals surface area (Å²) in [6.45, 7) is 8.97. The average Bonchev–Trinajstić information content (AvgIpc) is 3.22. The van der Waals surface area contributed by atoms with Gasteiger partial charge in [-0.15, -0.1) is 0 Å². The highest BCUT2D eigenvalue weighted by atomic mass is 16.5. The van der Waals surface area contributed by atoms with E-state index in [0.29, 0.717) is 11.8 Å². The quantitative estimate of drug-likeness (QED) is 0.608. The van der Waals surface area contributed by atoms with Gasteiger partial charge in [-0.25, -0.2) is 0 Å². The minimum atomic E-state index is 0.380. The van der Waals surface area contributed by atoms with E-state index in [1.54, 1.807) is 0 Å². The predicted molar refractivity (Wildman–Crippen MR) is 96.8 cm³/mol. The minimum absolute atomic E-state index is 0.380. The lowest BCUT2D eigenvalue weighted by Gasteiger charge is -2.31. The van der Waals surface area contributed by atoms with Gasteiger partial charge >= 0.3 is 0 Å². The fourth-order valence-corrected chi connectivity index (χ4v) is 4.50. The molecular formula is C20H34N2O2. The fraction of sp³-hybridized carbons (Fsp3) is 0.850. The number of morpholine rings is 1. The molecule has 0 aromatic carbocycles. The maximum atomic E-state index is 12.7. The lowest BCUT2D eigenvalue weighted by molar-refractivity contribution is -0.132. The van der Waals surface area contributed by atoms with E-state index in [2.05, 4.69) is 28.9 Å². The van der Waals surface area contributed by atoms with Gasteiger partial charge in [0.25, 0.3) is 0 Å². The molecular weight excluding hydrogens is 300 g/mol. The Bertz CT molecular complexity index is 431. The van der Waals surface area contributed by atoms with E-state index < -0.39 is 0 Å². The third-order valence-corrected chi connectivity index (χ3v) is 5.97. The van der Waals surface area contributed by atoms with Crippen molar-refractivity contribution in [3.8, 4) is 0 Å². The molecule has 1 heterocycles. The van der Waals surface area contributed by atoms with Crippen LogP contribution >= 0.6 is 0 Å². The zero-order chi connectivity index (χ0) is 16.8. The second kappa shape index (κ2) is 9.00. The summed E-state index contributed by atoms with van der Waals surface area (Å²) in [5.41, 5.74) is 0. The monoisotopic (exact) mass is 334 g/mol. The number of carbonyl (C=O) groups excluding carboxylic acids is 1. The van der Waals surface area contributed by atoms with Crippen LogP contribution in [0.1, 0.15) is 45.4 Å². The summed E-state index contributed by atoms with van der Waals surface area (Å²) in [4.78, 5) is 17.3. The Labute approximate surface area is 147 Å². The van der Waals surface area contributed by atoms with Crippen LogP contribution in [-0.4, -0.2) is 61.6 Å². The summed E-state index contributed by atoms with van der Waals surface area (Å²) >= 11 is 0. The highest BCUT2D eigenvalue weighted by molar-refractivity contribution is 5.76. The normalized spacial score (nSPS) is 29.3. The van der Waals surface area contributed by atoms with Crippen molar-refractivity contribution >= 4 is 5.91 Å². The lowest BCUT2D eigenvalue weighted by Crippen LogP contribution is -2.40. The van der Waals surface area contributed by atoms with E-state index in [0.717, 1.165) is 83.5 Å². The molecule has 4 nitrogen and oxygen atoms in total. The largest absolute Gasteiger partial charge is 0.379 e. The summed E-state index contributed by atoms with van der Waals surface area (Å²) in [6.07, 6.45) is 11.4. The van der Waals surface area contributed by atoms with Crippen LogP contribution in [0.5, 0.6) is 0 Å². The molecule has 4 heteroatoms. The Morgan fingerprint density at radius 3 is 2.71 bits per heavy atom. The summed E-state index contributed by atoms with van der Waals surface area (Å²) < 4.78 is 5.41.